The van der Waals surface area contributed by atoms with Crippen LogP contribution in [-0.4, -0.2) is 71.1 Å². The summed E-state index contributed by atoms with van der Waals surface area (Å²) in [5.74, 6) is 0.498. The predicted octanol–water partition coefficient (Wildman–Crippen LogP) is 0.356. The lowest BCUT2D eigenvalue weighted by molar-refractivity contribution is -0.137. The second-order valence-corrected chi connectivity index (χ2v) is 7.19. The van der Waals surface area contributed by atoms with Crippen molar-refractivity contribution in [1.82, 2.24) is 20.9 Å². The van der Waals surface area contributed by atoms with Gasteiger partial charge in [0.05, 0.1) is 6.04 Å². The fourth-order valence-electron chi connectivity index (χ4n) is 3.34. The highest BCUT2D eigenvalue weighted by molar-refractivity contribution is 5.99. The molecule has 1 aromatic rings. The highest BCUT2D eigenvalue weighted by atomic mass is 35.5. The lowest BCUT2D eigenvalue weighted by Crippen LogP contribution is -2.54. The minimum Gasteiger partial charge on any atom is -0.507 e. The van der Waals surface area contributed by atoms with Gasteiger partial charge in [0.1, 0.15) is 23.1 Å². The lowest BCUT2D eigenvalue weighted by Gasteiger charge is -2.29. The van der Waals surface area contributed by atoms with E-state index in [1.165, 1.54) is 18.2 Å². The van der Waals surface area contributed by atoms with E-state index in [1.807, 2.05) is 0 Å². The van der Waals surface area contributed by atoms with Crippen molar-refractivity contribution < 1.29 is 24.6 Å². The van der Waals surface area contributed by atoms with Crippen molar-refractivity contribution >= 4 is 30.1 Å². The van der Waals surface area contributed by atoms with Crippen molar-refractivity contribution in [3.8, 4) is 23.8 Å². The Morgan fingerprint density at radius 1 is 1.29 bits per heavy atom. The number of aromatic hydroxyl groups is 2. The molecule has 9 nitrogen and oxygen atoms in total. The van der Waals surface area contributed by atoms with Gasteiger partial charge in [0.25, 0.3) is 5.91 Å². The molecule has 1 aliphatic heterocycles. The summed E-state index contributed by atoms with van der Waals surface area (Å²) < 4.78 is 0. The van der Waals surface area contributed by atoms with E-state index in [0.717, 1.165) is 6.42 Å². The molecule has 1 heterocycles. The van der Waals surface area contributed by atoms with Crippen LogP contribution in [0.2, 0.25) is 0 Å². The number of halogens is 1. The summed E-state index contributed by atoms with van der Waals surface area (Å²) in [5.41, 5.74) is -0.216. The summed E-state index contributed by atoms with van der Waals surface area (Å²) in [5, 5.41) is 27.8. The van der Waals surface area contributed by atoms with E-state index in [-0.39, 0.29) is 60.3 Å². The molecule has 170 valence electrons. The van der Waals surface area contributed by atoms with Gasteiger partial charge in [-0.2, -0.15) is 0 Å². The number of carbonyl (C=O) groups excluding carboxylic acids is 3. The zero-order chi connectivity index (χ0) is 22.3. The number of terminal acetylenes is 1. The second-order valence-electron chi connectivity index (χ2n) is 7.19. The number of benzene rings is 1. The van der Waals surface area contributed by atoms with Gasteiger partial charge in [-0.05, 0) is 38.9 Å². The number of carbonyl (C=O) groups is 3. The minimum absolute atomic E-state index is 0. The highest BCUT2D eigenvalue weighted by Crippen LogP contribution is 2.26. The van der Waals surface area contributed by atoms with E-state index in [4.69, 9.17) is 6.42 Å². The van der Waals surface area contributed by atoms with Crippen LogP contribution >= 0.6 is 12.4 Å². The quantitative estimate of drug-likeness (QED) is 0.362. The molecule has 1 aromatic carbocycles. The Morgan fingerprint density at radius 3 is 2.52 bits per heavy atom. The monoisotopic (exact) mass is 452 g/mol. The zero-order valence-electron chi connectivity index (χ0n) is 17.6. The average Bonchev–Trinajstić information content (AvgIpc) is 3.19. The summed E-state index contributed by atoms with van der Waals surface area (Å²) in [7, 11) is 1.64. The predicted molar refractivity (Wildman–Crippen MR) is 118 cm³/mol. The van der Waals surface area contributed by atoms with Gasteiger partial charge in [0, 0.05) is 25.6 Å². The van der Waals surface area contributed by atoms with E-state index in [9.17, 15) is 24.6 Å². The Hall–Kier alpha value is -2.96. The third-order valence-corrected chi connectivity index (χ3v) is 5.17. The molecule has 5 N–H and O–H groups in total. The molecule has 0 saturated carbocycles. The van der Waals surface area contributed by atoms with Gasteiger partial charge in [-0.25, -0.2) is 0 Å². The molecule has 0 aromatic heterocycles. The summed E-state index contributed by atoms with van der Waals surface area (Å²) >= 11 is 0. The topological polar surface area (TPSA) is 131 Å². The Balaban J connectivity index is 0.00000480. The maximum absolute atomic E-state index is 13.0. The fourth-order valence-corrected chi connectivity index (χ4v) is 3.34. The summed E-state index contributed by atoms with van der Waals surface area (Å²) in [4.78, 5) is 39.2. The van der Waals surface area contributed by atoms with Gasteiger partial charge in [-0.1, -0.05) is 6.07 Å². The molecule has 1 aliphatic rings. The molecule has 31 heavy (non-hydrogen) atoms. The molecule has 1 saturated heterocycles. The number of rotatable bonds is 8. The van der Waals surface area contributed by atoms with Crippen LogP contribution < -0.4 is 16.0 Å². The molecule has 0 unspecified atom stereocenters. The maximum atomic E-state index is 13.0. The van der Waals surface area contributed by atoms with Gasteiger partial charge < -0.3 is 31.1 Å². The molecule has 3 atom stereocenters. The Morgan fingerprint density at radius 2 is 1.94 bits per heavy atom. The van der Waals surface area contributed by atoms with Crippen LogP contribution in [0.3, 0.4) is 0 Å². The smallest absolute Gasteiger partial charge is 0.258 e. The first-order valence-electron chi connectivity index (χ1n) is 9.80. The van der Waals surface area contributed by atoms with Crippen LogP contribution in [0.4, 0.5) is 0 Å². The number of phenolic OH excluding ortho intramolecular Hbond substituents is 2. The van der Waals surface area contributed by atoms with Crippen LogP contribution in [0.15, 0.2) is 18.2 Å². The molecule has 10 heteroatoms. The van der Waals surface area contributed by atoms with Crippen LogP contribution in [-0.2, 0) is 9.59 Å². The molecule has 2 rings (SSSR count). The fraction of sp³-hybridized carbons (Fsp3) is 0.476. The molecule has 1 fully saturated rings. The van der Waals surface area contributed by atoms with Crippen molar-refractivity contribution in [2.24, 2.45) is 0 Å². The van der Waals surface area contributed by atoms with Crippen LogP contribution in [0, 0.1) is 12.3 Å². The highest BCUT2D eigenvalue weighted by Gasteiger charge is 2.34. The molecule has 0 radical (unpaired) electrons. The van der Waals surface area contributed by atoms with E-state index >= 15 is 0 Å². The van der Waals surface area contributed by atoms with Crippen LogP contribution in [0.25, 0.3) is 0 Å². The normalized spacial score (nSPS) is 17.1. The number of hydrogen-bond donors (Lipinski definition) is 5. The van der Waals surface area contributed by atoms with Gasteiger partial charge in [-0.15, -0.1) is 24.8 Å². The van der Waals surface area contributed by atoms with E-state index in [0.29, 0.717) is 13.0 Å². The number of hydrogen-bond acceptors (Lipinski definition) is 6. The number of phenols is 2. The summed E-state index contributed by atoms with van der Waals surface area (Å²) in [6.45, 7) is 2.30. The average molecular weight is 453 g/mol. The van der Waals surface area contributed by atoms with E-state index in [1.54, 1.807) is 18.9 Å². The Bertz CT molecular complexity index is 821. The lowest BCUT2D eigenvalue weighted by atomic mass is 10.1. The summed E-state index contributed by atoms with van der Waals surface area (Å²) in [6.07, 6.45) is 6.86. The number of nitrogens with one attached hydrogen (secondary N) is 3. The third-order valence-electron chi connectivity index (χ3n) is 5.17. The molecule has 0 spiro atoms. The van der Waals surface area contributed by atoms with Crippen LogP contribution in [0.1, 0.15) is 36.5 Å². The molecule has 0 aliphatic carbocycles. The maximum Gasteiger partial charge on any atom is 0.258 e. The van der Waals surface area contributed by atoms with Crippen molar-refractivity contribution in [3.05, 3.63) is 23.8 Å². The zero-order valence-corrected chi connectivity index (χ0v) is 18.4. The first kappa shape index (κ1) is 26.1. The van der Waals surface area contributed by atoms with E-state index < -0.39 is 18.0 Å². The van der Waals surface area contributed by atoms with Gasteiger partial charge >= 0.3 is 0 Å². The Kier molecular flexibility index (Phi) is 10.1. The largest absolute Gasteiger partial charge is 0.507 e. The molecular formula is C21H29ClN4O5. The van der Waals surface area contributed by atoms with Crippen molar-refractivity contribution in [3.63, 3.8) is 0 Å². The van der Waals surface area contributed by atoms with Crippen LogP contribution in [0.5, 0.6) is 11.5 Å². The summed E-state index contributed by atoms with van der Waals surface area (Å²) in [6, 6.07) is 2.43. The third kappa shape index (κ3) is 6.51. The van der Waals surface area contributed by atoms with E-state index in [2.05, 4.69) is 21.9 Å². The molecular weight excluding hydrogens is 424 g/mol. The second kappa shape index (κ2) is 12.0. The number of likely N-dealkylation sites (N-methyl/N-ethyl adjacent to an activating group) is 1. The van der Waals surface area contributed by atoms with Gasteiger partial charge in [0.15, 0.2) is 0 Å². The first-order valence-corrected chi connectivity index (χ1v) is 9.80. The van der Waals surface area contributed by atoms with Crippen molar-refractivity contribution in [2.45, 2.75) is 44.3 Å². The van der Waals surface area contributed by atoms with Gasteiger partial charge in [0.2, 0.25) is 11.8 Å². The SMILES string of the molecule is C#CC[C@H](NC(=O)[C@H](C)NC)C(=O)N1CCC[C@H]1CNC(=O)c1c(O)cccc1O.Cl. The first-order chi connectivity index (χ1) is 14.3. The number of likely N-dealkylation sites (tertiary alicyclic amines) is 1. The standard InChI is InChI=1S/C21H28N4O5.ClH/c1-4-7-15(24-19(28)13(2)22-3)21(30)25-11-6-8-14(25)12-23-20(29)18-16(26)9-5-10-17(18)27;/h1,5,9-10,13-15,22,26-27H,6-8,11-12H2,2-3H3,(H,23,29)(H,24,28);1H/t13-,14-,15-;/m0./s1. The van der Waals surface area contributed by atoms with Crippen molar-refractivity contribution in [2.75, 3.05) is 20.1 Å². The number of amides is 3. The number of nitrogens with zero attached hydrogens (tertiary/aromatic N) is 1. The van der Waals surface area contributed by atoms with Gasteiger partial charge in [-0.3, -0.25) is 14.4 Å². The Labute approximate surface area is 188 Å². The van der Waals surface area contributed by atoms with Crippen molar-refractivity contribution in [1.29, 1.82) is 0 Å². The molecule has 0 bridgehead atoms. The molecule has 3 amide bonds. The minimum atomic E-state index is -0.850.